The lowest BCUT2D eigenvalue weighted by atomic mass is 10.1. The first-order valence-electron chi connectivity index (χ1n) is 6.54. The lowest BCUT2D eigenvalue weighted by molar-refractivity contribution is 0.0247. The van der Waals surface area contributed by atoms with Crippen molar-refractivity contribution < 1.29 is 9.47 Å². The molecule has 3 N–H and O–H groups in total. The normalized spacial score (nSPS) is 19.5. The number of nitrogens with two attached hydrogens (primary N) is 1. The molecule has 0 aliphatic carbocycles. The van der Waals surface area contributed by atoms with Gasteiger partial charge in [0.05, 0.1) is 18.4 Å². The highest BCUT2D eigenvalue weighted by atomic mass is 16.5. The maximum Gasteiger partial charge on any atom is 0.239 e. The predicted octanol–water partition coefficient (Wildman–Crippen LogP) is 2.04. The van der Waals surface area contributed by atoms with Gasteiger partial charge in [-0.25, -0.2) is 0 Å². The monoisotopic (exact) mass is 251 g/mol. The van der Waals surface area contributed by atoms with E-state index in [1.807, 2.05) is 19.1 Å². The third-order valence-corrected chi connectivity index (χ3v) is 2.96. The summed E-state index contributed by atoms with van der Waals surface area (Å²) in [5.41, 5.74) is 6.34. The quantitative estimate of drug-likeness (QED) is 0.838. The van der Waals surface area contributed by atoms with Crippen LogP contribution in [0.5, 0.6) is 5.88 Å². The van der Waals surface area contributed by atoms with Gasteiger partial charge < -0.3 is 20.5 Å². The van der Waals surface area contributed by atoms with Crippen LogP contribution in [0.15, 0.2) is 12.1 Å². The second-order valence-corrected chi connectivity index (χ2v) is 4.39. The van der Waals surface area contributed by atoms with Crippen LogP contribution in [0.25, 0.3) is 0 Å². The van der Waals surface area contributed by atoms with Crippen LogP contribution in [0.1, 0.15) is 26.2 Å². The fraction of sp³-hybridized carbons (Fsp3) is 0.615. The van der Waals surface area contributed by atoms with Gasteiger partial charge in [-0.2, -0.15) is 4.98 Å². The second-order valence-electron chi connectivity index (χ2n) is 4.39. The number of nitrogens with one attached hydrogen (secondary N) is 1. The summed E-state index contributed by atoms with van der Waals surface area (Å²) in [6.07, 6.45) is 3.81. The Bertz CT molecular complexity index is 378. The van der Waals surface area contributed by atoms with Crippen LogP contribution in [-0.2, 0) is 4.74 Å². The van der Waals surface area contributed by atoms with E-state index in [9.17, 15) is 0 Å². The summed E-state index contributed by atoms with van der Waals surface area (Å²) >= 11 is 0. The smallest absolute Gasteiger partial charge is 0.239 e. The van der Waals surface area contributed by atoms with Crippen molar-refractivity contribution in [3.05, 3.63) is 12.1 Å². The van der Waals surface area contributed by atoms with Crippen LogP contribution in [0.4, 0.5) is 11.5 Å². The Balaban J connectivity index is 1.90. The molecule has 0 saturated carbocycles. The first-order valence-corrected chi connectivity index (χ1v) is 6.54. The fourth-order valence-corrected chi connectivity index (χ4v) is 1.99. The molecule has 0 amide bonds. The van der Waals surface area contributed by atoms with Gasteiger partial charge in [-0.15, -0.1) is 0 Å². The van der Waals surface area contributed by atoms with Crippen molar-refractivity contribution in [2.45, 2.75) is 32.3 Å². The Kier molecular flexibility index (Phi) is 4.64. The lowest BCUT2D eigenvalue weighted by Crippen LogP contribution is -2.27. The summed E-state index contributed by atoms with van der Waals surface area (Å²) in [6, 6.07) is 3.67. The van der Waals surface area contributed by atoms with Gasteiger partial charge >= 0.3 is 0 Å². The molecule has 1 atom stereocenters. The molecular weight excluding hydrogens is 230 g/mol. The molecule has 1 aromatic rings. The van der Waals surface area contributed by atoms with Crippen molar-refractivity contribution in [1.82, 2.24) is 4.98 Å². The number of nitrogens with zero attached hydrogens (tertiary/aromatic N) is 1. The number of rotatable bonds is 5. The van der Waals surface area contributed by atoms with E-state index in [1.54, 1.807) is 0 Å². The molecular formula is C13H21N3O2. The number of ether oxygens (including phenoxy) is 2. The highest BCUT2D eigenvalue weighted by Crippen LogP contribution is 2.21. The van der Waals surface area contributed by atoms with E-state index in [1.165, 1.54) is 12.8 Å². The number of pyridine rings is 1. The zero-order chi connectivity index (χ0) is 12.8. The van der Waals surface area contributed by atoms with Crippen LogP contribution in [-0.4, -0.2) is 30.8 Å². The SMILES string of the molecule is CCOc1nc(NCC2CCCCO2)ccc1N. The Morgan fingerprint density at radius 1 is 1.50 bits per heavy atom. The highest BCUT2D eigenvalue weighted by molar-refractivity contribution is 5.53. The lowest BCUT2D eigenvalue weighted by Gasteiger charge is -2.23. The average Bonchev–Trinajstić information content (AvgIpc) is 2.41. The third-order valence-electron chi connectivity index (χ3n) is 2.96. The van der Waals surface area contributed by atoms with E-state index in [-0.39, 0.29) is 6.10 Å². The molecule has 0 spiro atoms. The van der Waals surface area contributed by atoms with Crippen molar-refractivity contribution in [2.75, 3.05) is 30.8 Å². The molecule has 18 heavy (non-hydrogen) atoms. The van der Waals surface area contributed by atoms with Crippen molar-refractivity contribution in [3.63, 3.8) is 0 Å². The van der Waals surface area contributed by atoms with Crippen LogP contribution >= 0.6 is 0 Å². The molecule has 2 heterocycles. The number of hydrogen-bond donors (Lipinski definition) is 2. The van der Waals surface area contributed by atoms with Crippen molar-refractivity contribution in [1.29, 1.82) is 0 Å². The summed E-state index contributed by atoms with van der Waals surface area (Å²) in [5.74, 6) is 1.27. The minimum atomic E-state index is 0.286. The Morgan fingerprint density at radius 2 is 2.39 bits per heavy atom. The number of nitrogen functional groups attached to an aromatic ring is 1. The van der Waals surface area contributed by atoms with Crippen molar-refractivity contribution in [2.24, 2.45) is 0 Å². The second kappa shape index (κ2) is 6.44. The number of aromatic nitrogens is 1. The first-order chi connectivity index (χ1) is 8.79. The summed E-state index contributed by atoms with van der Waals surface area (Å²) in [6.45, 7) is 4.12. The standard InChI is InChI=1S/C13H21N3O2/c1-2-17-13-11(14)6-7-12(16-13)15-9-10-5-3-4-8-18-10/h6-7,10H,2-5,8-9,14H2,1H3,(H,15,16). The van der Waals surface area contributed by atoms with Gasteiger partial charge in [-0.3, -0.25) is 0 Å². The summed E-state index contributed by atoms with van der Waals surface area (Å²) in [4.78, 5) is 4.33. The molecule has 1 aliphatic rings. The van der Waals surface area contributed by atoms with Crippen molar-refractivity contribution in [3.8, 4) is 5.88 Å². The molecule has 1 fully saturated rings. The van der Waals surface area contributed by atoms with E-state index in [0.29, 0.717) is 18.2 Å². The molecule has 0 radical (unpaired) electrons. The van der Waals surface area contributed by atoms with E-state index < -0.39 is 0 Å². The molecule has 1 aliphatic heterocycles. The van der Waals surface area contributed by atoms with Gasteiger partial charge in [0.25, 0.3) is 0 Å². The van der Waals surface area contributed by atoms with E-state index in [0.717, 1.165) is 25.4 Å². The van der Waals surface area contributed by atoms with E-state index in [4.69, 9.17) is 15.2 Å². The van der Waals surface area contributed by atoms with E-state index >= 15 is 0 Å². The first kappa shape index (κ1) is 13.0. The minimum absolute atomic E-state index is 0.286. The zero-order valence-electron chi connectivity index (χ0n) is 10.8. The molecule has 100 valence electrons. The Hall–Kier alpha value is -1.49. The summed E-state index contributed by atoms with van der Waals surface area (Å²) < 4.78 is 11.0. The number of hydrogen-bond acceptors (Lipinski definition) is 5. The zero-order valence-corrected chi connectivity index (χ0v) is 10.8. The van der Waals surface area contributed by atoms with Crippen molar-refractivity contribution >= 4 is 11.5 Å². The maximum absolute atomic E-state index is 5.77. The molecule has 0 aromatic carbocycles. The van der Waals surface area contributed by atoms with Crippen LogP contribution in [0.3, 0.4) is 0 Å². The van der Waals surface area contributed by atoms with Gasteiger partial charge in [-0.1, -0.05) is 0 Å². The highest BCUT2D eigenvalue weighted by Gasteiger charge is 2.13. The van der Waals surface area contributed by atoms with Crippen LogP contribution in [0.2, 0.25) is 0 Å². The molecule has 2 rings (SSSR count). The van der Waals surface area contributed by atoms with E-state index in [2.05, 4.69) is 10.3 Å². The fourth-order valence-electron chi connectivity index (χ4n) is 1.99. The van der Waals surface area contributed by atoms with Crippen LogP contribution < -0.4 is 15.8 Å². The molecule has 5 nitrogen and oxygen atoms in total. The molecule has 0 bridgehead atoms. The number of anilines is 2. The molecule has 1 aromatic heterocycles. The predicted molar refractivity (Wildman–Crippen MR) is 71.9 cm³/mol. The van der Waals surface area contributed by atoms with Gasteiger partial charge in [0.15, 0.2) is 0 Å². The third kappa shape index (κ3) is 3.50. The topological polar surface area (TPSA) is 69.4 Å². The van der Waals surface area contributed by atoms with Crippen LogP contribution in [0, 0.1) is 0 Å². The summed E-state index contributed by atoms with van der Waals surface area (Å²) in [7, 11) is 0. The maximum atomic E-state index is 5.77. The molecule has 1 unspecified atom stereocenters. The molecule has 1 saturated heterocycles. The summed E-state index contributed by atoms with van der Waals surface area (Å²) in [5, 5.41) is 3.27. The Morgan fingerprint density at radius 3 is 3.11 bits per heavy atom. The van der Waals surface area contributed by atoms with Gasteiger partial charge in [0.2, 0.25) is 5.88 Å². The van der Waals surface area contributed by atoms with Gasteiger partial charge in [0, 0.05) is 13.2 Å². The van der Waals surface area contributed by atoms with Gasteiger partial charge in [-0.05, 0) is 38.3 Å². The Labute approximate surface area is 108 Å². The largest absolute Gasteiger partial charge is 0.476 e. The average molecular weight is 251 g/mol. The minimum Gasteiger partial charge on any atom is -0.476 e. The van der Waals surface area contributed by atoms with Gasteiger partial charge in [0.1, 0.15) is 5.82 Å². The molecule has 5 heteroatoms.